The van der Waals surface area contributed by atoms with E-state index in [1.54, 1.807) is 14.0 Å². The number of para-hydroxylation sites is 1. The first-order valence-corrected chi connectivity index (χ1v) is 6.00. The molecule has 0 heterocycles. The number of halogens is 2. The van der Waals surface area contributed by atoms with Gasteiger partial charge in [0.1, 0.15) is 6.04 Å². The molecule has 1 N–H and O–H groups in total. The molecule has 0 aromatic heterocycles. The lowest BCUT2D eigenvalue weighted by atomic mass is 10.2. The van der Waals surface area contributed by atoms with Crippen LogP contribution in [-0.4, -0.2) is 32.3 Å². The van der Waals surface area contributed by atoms with Crippen LogP contribution >= 0.6 is 0 Å². The molecule has 0 aliphatic carbocycles. The van der Waals surface area contributed by atoms with Crippen LogP contribution in [0.15, 0.2) is 18.2 Å². The molecular weight excluding hydrogens is 256 g/mol. The Labute approximate surface area is 110 Å². The van der Waals surface area contributed by atoms with Crippen molar-refractivity contribution in [2.45, 2.75) is 19.4 Å². The molecule has 1 atom stereocenters. The Morgan fingerprint density at radius 3 is 2.53 bits per heavy atom. The van der Waals surface area contributed by atoms with Crippen LogP contribution < -0.4 is 10.1 Å². The molecule has 0 radical (unpaired) electrons. The van der Waals surface area contributed by atoms with E-state index in [2.05, 4.69) is 5.32 Å². The Bertz CT molecular complexity index is 406. The molecule has 1 aromatic rings. The van der Waals surface area contributed by atoms with Crippen molar-refractivity contribution in [1.29, 1.82) is 0 Å². The first-order valence-electron chi connectivity index (χ1n) is 6.00. The van der Waals surface area contributed by atoms with E-state index in [4.69, 9.17) is 9.47 Å². The summed E-state index contributed by atoms with van der Waals surface area (Å²) in [6.45, 7) is 1.98. The summed E-state index contributed by atoms with van der Waals surface area (Å²) >= 11 is 0. The number of benzene rings is 1. The van der Waals surface area contributed by atoms with Crippen molar-refractivity contribution in [2.24, 2.45) is 0 Å². The number of nitrogens with one attached hydrogen (secondary N) is 1. The minimum Gasteiger partial charge on any atom is -0.488 e. The first kappa shape index (κ1) is 15.4. The number of ether oxygens (including phenoxy) is 2. The highest BCUT2D eigenvalue weighted by Gasteiger charge is 2.18. The van der Waals surface area contributed by atoms with E-state index in [0.717, 1.165) is 12.1 Å². The molecule has 1 unspecified atom stereocenters. The Hall–Kier alpha value is -1.69. The van der Waals surface area contributed by atoms with Crippen molar-refractivity contribution in [3.8, 4) is 5.75 Å². The van der Waals surface area contributed by atoms with E-state index in [0.29, 0.717) is 0 Å². The van der Waals surface area contributed by atoms with Crippen molar-refractivity contribution < 1.29 is 23.0 Å². The number of hydrogen-bond donors (Lipinski definition) is 1. The third kappa shape index (κ3) is 4.48. The fourth-order valence-corrected chi connectivity index (χ4v) is 1.52. The molecule has 0 amide bonds. The van der Waals surface area contributed by atoms with Gasteiger partial charge in [-0.15, -0.1) is 0 Å². The van der Waals surface area contributed by atoms with Crippen LogP contribution in [0.4, 0.5) is 8.78 Å². The monoisotopic (exact) mass is 273 g/mol. The van der Waals surface area contributed by atoms with Crippen LogP contribution in [0.3, 0.4) is 0 Å². The average molecular weight is 273 g/mol. The molecule has 0 fully saturated rings. The second-order valence-electron chi connectivity index (χ2n) is 3.78. The lowest BCUT2D eigenvalue weighted by molar-refractivity contribution is -0.145. The minimum absolute atomic E-state index is 0.00216. The largest absolute Gasteiger partial charge is 0.488 e. The molecule has 0 bridgehead atoms. The molecule has 0 saturated carbocycles. The minimum atomic E-state index is -0.767. The topological polar surface area (TPSA) is 47.6 Å². The molecule has 0 spiro atoms. The Kier molecular flexibility index (Phi) is 6.21. The SMILES string of the molecule is CCOC(=O)C(CCOc1c(F)cccc1F)NC. The van der Waals surface area contributed by atoms with Gasteiger partial charge in [-0.25, -0.2) is 8.78 Å². The van der Waals surface area contributed by atoms with E-state index in [9.17, 15) is 13.6 Å². The van der Waals surface area contributed by atoms with Gasteiger partial charge in [-0.05, 0) is 26.1 Å². The Balaban J connectivity index is 2.51. The fraction of sp³-hybridized carbons (Fsp3) is 0.462. The van der Waals surface area contributed by atoms with Gasteiger partial charge < -0.3 is 14.8 Å². The second-order valence-corrected chi connectivity index (χ2v) is 3.78. The number of likely N-dealkylation sites (N-methyl/N-ethyl adjacent to an activating group) is 1. The summed E-state index contributed by atoms with van der Waals surface area (Å²) in [4.78, 5) is 11.5. The molecule has 106 valence electrons. The van der Waals surface area contributed by atoms with Crippen LogP contribution in [-0.2, 0) is 9.53 Å². The number of rotatable bonds is 7. The summed E-state index contributed by atoms with van der Waals surface area (Å²) in [5.41, 5.74) is 0. The summed E-state index contributed by atoms with van der Waals surface area (Å²) < 4.78 is 36.4. The van der Waals surface area contributed by atoms with Gasteiger partial charge in [-0.3, -0.25) is 4.79 Å². The van der Waals surface area contributed by atoms with Crippen LogP contribution in [0.25, 0.3) is 0 Å². The third-order valence-electron chi connectivity index (χ3n) is 2.49. The quantitative estimate of drug-likeness (QED) is 0.771. The average Bonchev–Trinajstić information content (AvgIpc) is 2.37. The Morgan fingerprint density at radius 2 is 2.00 bits per heavy atom. The maximum Gasteiger partial charge on any atom is 0.323 e. The predicted octanol–water partition coefficient (Wildman–Crippen LogP) is 1.88. The maximum atomic E-state index is 13.3. The molecular formula is C13H17F2NO3. The Morgan fingerprint density at radius 1 is 1.37 bits per heavy atom. The van der Waals surface area contributed by atoms with Crippen LogP contribution in [0.5, 0.6) is 5.75 Å². The van der Waals surface area contributed by atoms with Crippen molar-refractivity contribution in [2.75, 3.05) is 20.3 Å². The van der Waals surface area contributed by atoms with Gasteiger partial charge in [0.25, 0.3) is 0 Å². The highest BCUT2D eigenvalue weighted by molar-refractivity contribution is 5.75. The zero-order valence-electron chi connectivity index (χ0n) is 10.9. The number of hydrogen-bond acceptors (Lipinski definition) is 4. The standard InChI is InChI=1S/C13H17F2NO3/c1-3-18-13(17)11(16-2)7-8-19-12-9(14)5-4-6-10(12)15/h4-6,11,16H,3,7-8H2,1-2H3. The smallest absolute Gasteiger partial charge is 0.323 e. The van der Waals surface area contributed by atoms with Gasteiger partial charge >= 0.3 is 5.97 Å². The lowest BCUT2D eigenvalue weighted by Crippen LogP contribution is -2.36. The molecule has 6 heteroatoms. The zero-order chi connectivity index (χ0) is 14.3. The lowest BCUT2D eigenvalue weighted by Gasteiger charge is -2.15. The summed E-state index contributed by atoms with van der Waals surface area (Å²) in [5, 5.41) is 2.76. The molecule has 19 heavy (non-hydrogen) atoms. The highest BCUT2D eigenvalue weighted by Crippen LogP contribution is 2.20. The zero-order valence-corrected chi connectivity index (χ0v) is 10.9. The fourth-order valence-electron chi connectivity index (χ4n) is 1.52. The van der Waals surface area contributed by atoms with Gasteiger partial charge in [0.15, 0.2) is 17.4 Å². The molecule has 0 aliphatic rings. The number of esters is 1. The van der Waals surface area contributed by atoms with E-state index >= 15 is 0 Å². The molecule has 0 aliphatic heterocycles. The van der Waals surface area contributed by atoms with Crippen molar-refractivity contribution in [3.63, 3.8) is 0 Å². The van der Waals surface area contributed by atoms with E-state index in [1.807, 2.05) is 0 Å². The second kappa shape index (κ2) is 7.68. The van der Waals surface area contributed by atoms with Crippen molar-refractivity contribution in [1.82, 2.24) is 5.32 Å². The van der Waals surface area contributed by atoms with Crippen molar-refractivity contribution >= 4 is 5.97 Å². The van der Waals surface area contributed by atoms with Crippen LogP contribution in [0, 0.1) is 11.6 Å². The van der Waals surface area contributed by atoms with Gasteiger partial charge in [0.05, 0.1) is 13.2 Å². The molecule has 4 nitrogen and oxygen atoms in total. The van der Waals surface area contributed by atoms with Gasteiger partial charge in [0, 0.05) is 6.42 Å². The summed E-state index contributed by atoms with van der Waals surface area (Å²) in [7, 11) is 1.60. The molecule has 1 aromatic carbocycles. The summed E-state index contributed by atoms with van der Waals surface area (Å²) in [6.07, 6.45) is 0.253. The first-order chi connectivity index (χ1) is 9.10. The van der Waals surface area contributed by atoms with E-state index in [1.165, 1.54) is 6.07 Å². The highest BCUT2D eigenvalue weighted by atomic mass is 19.1. The van der Waals surface area contributed by atoms with Crippen LogP contribution in [0.1, 0.15) is 13.3 Å². The predicted molar refractivity (Wildman–Crippen MR) is 66.0 cm³/mol. The number of carbonyl (C=O) groups is 1. The molecule has 0 saturated heterocycles. The van der Waals surface area contributed by atoms with E-state index in [-0.39, 0.29) is 19.6 Å². The van der Waals surface area contributed by atoms with E-state index < -0.39 is 29.4 Å². The van der Waals surface area contributed by atoms with Crippen LogP contribution in [0.2, 0.25) is 0 Å². The van der Waals surface area contributed by atoms with Gasteiger partial charge in [0.2, 0.25) is 0 Å². The summed E-state index contributed by atoms with van der Waals surface area (Å²) in [6, 6.07) is 2.92. The normalized spacial score (nSPS) is 12.0. The number of carbonyl (C=O) groups excluding carboxylic acids is 1. The summed E-state index contributed by atoms with van der Waals surface area (Å²) in [5.74, 6) is -2.38. The third-order valence-corrected chi connectivity index (χ3v) is 2.49. The van der Waals surface area contributed by atoms with Gasteiger partial charge in [-0.1, -0.05) is 6.07 Å². The maximum absolute atomic E-state index is 13.3. The van der Waals surface area contributed by atoms with Gasteiger partial charge in [-0.2, -0.15) is 0 Å². The molecule has 1 rings (SSSR count). The van der Waals surface area contributed by atoms with Crippen molar-refractivity contribution in [3.05, 3.63) is 29.8 Å².